The molecule has 28 heavy (non-hydrogen) atoms. The van der Waals surface area contributed by atoms with Crippen molar-refractivity contribution in [3.05, 3.63) is 52.6 Å². The number of carbonyl (C=O) groups excluding carboxylic acids is 2. The highest BCUT2D eigenvalue weighted by atomic mass is 35.5. The van der Waals surface area contributed by atoms with Crippen molar-refractivity contribution in [1.29, 1.82) is 0 Å². The fourth-order valence-electron chi connectivity index (χ4n) is 2.98. The Bertz CT molecular complexity index is 775. The van der Waals surface area contributed by atoms with E-state index in [-0.39, 0.29) is 31.5 Å². The van der Waals surface area contributed by atoms with Crippen LogP contribution in [0.1, 0.15) is 71.4 Å². The molecule has 2 aromatic heterocycles. The number of aromatic amines is 1. The second kappa shape index (κ2) is 11.5. The van der Waals surface area contributed by atoms with Crippen LogP contribution in [-0.2, 0) is 22.6 Å². The Balaban J connectivity index is 0.00000392. The quantitative estimate of drug-likeness (QED) is 0.526. The summed E-state index contributed by atoms with van der Waals surface area (Å²) < 4.78 is 10.4. The first-order chi connectivity index (χ1) is 13.0. The molecule has 0 aliphatic heterocycles. The molecule has 7 nitrogen and oxygen atoms in total. The normalized spacial score (nSPS) is 10.5. The van der Waals surface area contributed by atoms with Crippen LogP contribution in [0, 0.1) is 0 Å². The highest BCUT2D eigenvalue weighted by Crippen LogP contribution is 2.28. The minimum absolute atomic E-state index is 0. The molecule has 3 N–H and O–H groups in total. The number of esters is 2. The second-order valence-corrected chi connectivity index (χ2v) is 6.38. The van der Waals surface area contributed by atoms with Gasteiger partial charge >= 0.3 is 11.9 Å². The number of nitrogens with zero attached hydrogens (tertiary/aromatic N) is 1. The van der Waals surface area contributed by atoms with Crippen LogP contribution in [0.2, 0.25) is 0 Å². The molecule has 2 rings (SSSR count). The van der Waals surface area contributed by atoms with Crippen LogP contribution in [0.5, 0.6) is 0 Å². The summed E-state index contributed by atoms with van der Waals surface area (Å²) in [5.74, 6) is -0.915. The predicted octanol–water partition coefficient (Wildman–Crippen LogP) is -0.846. The van der Waals surface area contributed by atoms with Crippen molar-refractivity contribution in [3.63, 3.8) is 0 Å². The molecule has 0 fully saturated rings. The van der Waals surface area contributed by atoms with E-state index >= 15 is 0 Å². The number of halogens is 1. The molecule has 0 aliphatic carbocycles. The van der Waals surface area contributed by atoms with Crippen molar-refractivity contribution in [2.24, 2.45) is 0 Å². The highest BCUT2D eigenvalue weighted by molar-refractivity contribution is 5.99. The summed E-state index contributed by atoms with van der Waals surface area (Å²) in [5, 5.41) is 2.02. The summed E-state index contributed by atoms with van der Waals surface area (Å²) in [6.07, 6.45) is 1.75. The Hall–Kier alpha value is -2.38. The molecule has 8 heteroatoms. The van der Waals surface area contributed by atoms with E-state index in [0.717, 1.165) is 5.69 Å². The molecule has 0 aromatic carbocycles. The average molecular weight is 410 g/mol. The van der Waals surface area contributed by atoms with Crippen molar-refractivity contribution < 1.29 is 36.8 Å². The van der Waals surface area contributed by atoms with Gasteiger partial charge in [0.1, 0.15) is 18.8 Å². The Morgan fingerprint density at radius 2 is 1.79 bits per heavy atom. The third-order valence-electron chi connectivity index (χ3n) is 4.08. The first kappa shape index (κ1) is 23.7. The van der Waals surface area contributed by atoms with E-state index in [2.05, 4.69) is 9.97 Å². The van der Waals surface area contributed by atoms with Crippen LogP contribution >= 0.6 is 0 Å². The van der Waals surface area contributed by atoms with Gasteiger partial charge in [-0.15, -0.1) is 0 Å². The van der Waals surface area contributed by atoms with Gasteiger partial charge in [0.2, 0.25) is 0 Å². The van der Waals surface area contributed by atoms with Crippen LogP contribution in [0.15, 0.2) is 24.4 Å². The van der Waals surface area contributed by atoms with Crippen molar-refractivity contribution in [2.75, 3.05) is 13.2 Å². The smallest absolute Gasteiger partial charge is 0.355 e. The largest absolute Gasteiger partial charge is 1.00 e. The van der Waals surface area contributed by atoms with Gasteiger partial charge in [0.05, 0.1) is 30.2 Å². The van der Waals surface area contributed by atoms with E-state index in [1.54, 1.807) is 20.0 Å². The molecule has 0 unspecified atom stereocenters. The number of ether oxygens (including phenoxy) is 2. The van der Waals surface area contributed by atoms with Gasteiger partial charge in [0, 0.05) is 11.8 Å². The number of carbonyl (C=O) groups is 2. The Labute approximate surface area is 171 Å². The summed E-state index contributed by atoms with van der Waals surface area (Å²) in [6.45, 7) is 9.09. The van der Waals surface area contributed by atoms with E-state index in [4.69, 9.17) is 9.47 Å². The minimum atomic E-state index is -0.456. The second-order valence-electron chi connectivity index (χ2n) is 6.38. The van der Waals surface area contributed by atoms with Crippen molar-refractivity contribution in [3.8, 4) is 0 Å². The molecular weight excluding hydrogens is 382 g/mol. The van der Waals surface area contributed by atoms with Crippen molar-refractivity contribution in [2.45, 2.75) is 46.7 Å². The fraction of sp³-hybridized carbons (Fsp3) is 0.450. The molecule has 0 atom stereocenters. The molecule has 0 aliphatic rings. The molecule has 2 heterocycles. The maximum absolute atomic E-state index is 12.6. The van der Waals surface area contributed by atoms with Gasteiger partial charge in [-0.25, -0.2) is 9.59 Å². The fourth-order valence-corrected chi connectivity index (χ4v) is 2.98. The molecule has 0 amide bonds. The summed E-state index contributed by atoms with van der Waals surface area (Å²) >= 11 is 0. The van der Waals surface area contributed by atoms with Gasteiger partial charge < -0.3 is 32.2 Å². The summed E-state index contributed by atoms with van der Waals surface area (Å²) in [5.41, 5.74) is 3.02. The first-order valence-electron chi connectivity index (χ1n) is 9.30. The Kier molecular flexibility index (Phi) is 9.68. The van der Waals surface area contributed by atoms with E-state index < -0.39 is 11.9 Å². The number of pyridine rings is 1. The van der Waals surface area contributed by atoms with Gasteiger partial charge in [-0.3, -0.25) is 4.98 Å². The molecule has 0 bridgehead atoms. The van der Waals surface area contributed by atoms with Crippen LogP contribution in [0.4, 0.5) is 0 Å². The van der Waals surface area contributed by atoms with Gasteiger partial charge in [-0.1, -0.05) is 19.9 Å². The molecule has 0 saturated heterocycles. The number of H-pyrrole nitrogens is 1. The van der Waals surface area contributed by atoms with Crippen molar-refractivity contribution in [1.82, 2.24) is 9.97 Å². The zero-order chi connectivity index (χ0) is 19.8. The maximum atomic E-state index is 12.6. The Morgan fingerprint density at radius 3 is 2.36 bits per heavy atom. The first-order valence-corrected chi connectivity index (χ1v) is 9.30. The van der Waals surface area contributed by atoms with Crippen LogP contribution in [-0.4, -0.2) is 35.1 Å². The molecule has 2 aromatic rings. The summed E-state index contributed by atoms with van der Waals surface area (Å²) in [7, 11) is 0. The number of rotatable bonds is 9. The molecule has 154 valence electrons. The third-order valence-corrected chi connectivity index (χ3v) is 4.08. The lowest BCUT2D eigenvalue weighted by atomic mass is 9.97. The van der Waals surface area contributed by atoms with Gasteiger partial charge in [-0.05, 0) is 31.9 Å². The third kappa shape index (κ3) is 5.81. The topological polar surface area (TPSA) is 97.9 Å². The monoisotopic (exact) mass is 409 g/mol. The van der Waals surface area contributed by atoms with E-state index in [0.29, 0.717) is 35.6 Å². The zero-order valence-corrected chi connectivity index (χ0v) is 17.5. The van der Waals surface area contributed by atoms with Crippen LogP contribution in [0.25, 0.3) is 0 Å². The Morgan fingerprint density at radius 1 is 1.11 bits per heavy atom. The number of quaternary nitrogens is 1. The van der Waals surface area contributed by atoms with E-state index in [1.807, 2.05) is 37.4 Å². The zero-order valence-electron chi connectivity index (χ0n) is 16.8. The highest BCUT2D eigenvalue weighted by Gasteiger charge is 2.30. The standard InChI is InChI=1S/C20H27N3O4.ClH/c1-5-26-19(24)17-15(12-21-11-14-9-7-8-10-22-14)23-18(16(17)13(3)4)20(25)27-6-2;/h7-10,13,21,23H,5-6,11-12H2,1-4H3;1H. The number of hydrogen-bond donors (Lipinski definition) is 2. The lowest BCUT2D eigenvalue weighted by Crippen LogP contribution is -3.00. The van der Waals surface area contributed by atoms with Crippen LogP contribution < -0.4 is 17.7 Å². The lowest BCUT2D eigenvalue weighted by Gasteiger charge is -2.10. The number of nitrogens with one attached hydrogen (secondary N) is 1. The van der Waals surface area contributed by atoms with Crippen molar-refractivity contribution >= 4 is 11.9 Å². The van der Waals surface area contributed by atoms with Gasteiger partial charge in [0.25, 0.3) is 0 Å². The molecule has 0 saturated carbocycles. The van der Waals surface area contributed by atoms with E-state index in [9.17, 15) is 9.59 Å². The molecular formula is C20H28ClN3O4. The maximum Gasteiger partial charge on any atom is 0.355 e. The molecule has 0 spiro atoms. The SMILES string of the molecule is CCOC(=O)c1[nH]c(C[NH2+]Cc2ccccn2)c(C(=O)OCC)c1C(C)C.[Cl-]. The number of aromatic nitrogens is 2. The predicted molar refractivity (Wildman–Crippen MR) is 100 cm³/mol. The molecule has 0 radical (unpaired) electrons. The minimum Gasteiger partial charge on any atom is -1.00 e. The van der Waals surface area contributed by atoms with Crippen LogP contribution in [0.3, 0.4) is 0 Å². The number of hydrogen-bond acceptors (Lipinski definition) is 5. The average Bonchev–Trinajstić information content (AvgIpc) is 3.03. The summed E-state index contributed by atoms with van der Waals surface area (Å²) in [4.78, 5) is 32.4. The van der Waals surface area contributed by atoms with Gasteiger partial charge in [-0.2, -0.15) is 0 Å². The van der Waals surface area contributed by atoms with Gasteiger partial charge in [0.15, 0.2) is 0 Å². The number of nitrogens with two attached hydrogens (primary N) is 1. The van der Waals surface area contributed by atoms with E-state index in [1.165, 1.54) is 0 Å². The summed E-state index contributed by atoms with van der Waals surface area (Å²) in [6, 6.07) is 5.75. The lowest BCUT2D eigenvalue weighted by molar-refractivity contribution is -0.687.